The summed E-state index contributed by atoms with van der Waals surface area (Å²) in [5.41, 5.74) is 11.6. The van der Waals surface area contributed by atoms with E-state index in [-0.39, 0.29) is 0 Å². The second-order valence-corrected chi connectivity index (χ2v) is 40.4. The molecule has 6 saturated heterocycles. The summed E-state index contributed by atoms with van der Waals surface area (Å²) >= 11 is 0. The van der Waals surface area contributed by atoms with Gasteiger partial charge in [-0.15, -0.1) is 0 Å². The second kappa shape index (κ2) is 43.9. The molecule has 21 atom stereocenters. The third kappa shape index (κ3) is 23.5. The molecule has 9 aliphatic heterocycles. The first-order valence-corrected chi connectivity index (χ1v) is 48.0. The van der Waals surface area contributed by atoms with E-state index >= 15 is 0 Å². The fourth-order valence-corrected chi connectivity index (χ4v) is 24.7. The minimum absolute atomic E-state index is 0.593. The fourth-order valence-electron chi connectivity index (χ4n) is 24.7. The van der Waals surface area contributed by atoms with Crippen molar-refractivity contribution in [2.24, 2.45) is 54.4 Å². The number of likely N-dealkylation sites (tertiary alicyclic amines) is 6. The number of fused-ring (bicyclic) bond motifs is 10. The first kappa shape index (κ1) is 90.7. The molecule has 10 heterocycles. The number of benzene rings is 4. The van der Waals surface area contributed by atoms with E-state index < -0.39 is 0 Å². The van der Waals surface area contributed by atoms with E-state index in [1.165, 1.54) is 288 Å². The molecule has 21 unspecified atom stereocenters. The Bertz CT molecular complexity index is 3440. The Labute approximate surface area is 701 Å². The van der Waals surface area contributed by atoms with E-state index in [0.717, 1.165) is 108 Å². The van der Waals surface area contributed by atoms with E-state index in [1.54, 1.807) is 0 Å². The Morgan fingerprint density at radius 1 is 0.307 bits per heavy atom. The van der Waals surface area contributed by atoms with Crippen molar-refractivity contribution < 1.29 is 0 Å². The number of rotatable bonds is 0. The largest absolute Gasteiger partial charge is 0.371 e. The average molecular weight is 1560 g/mol. The van der Waals surface area contributed by atoms with Gasteiger partial charge >= 0.3 is 0 Å². The summed E-state index contributed by atoms with van der Waals surface area (Å²) in [4.78, 5) is 22.7. The van der Waals surface area contributed by atoms with Gasteiger partial charge in [0.25, 0.3) is 0 Å². The summed E-state index contributed by atoms with van der Waals surface area (Å²) in [5.74, 6) is 8.40. The Morgan fingerprint density at radius 2 is 0.719 bits per heavy atom. The number of anilines is 1. The highest BCUT2D eigenvalue weighted by Gasteiger charge is 2.42. The summed E-state index contributed by atoms with van der Waals surface area (Å²) in [5, 5.41) is 1.33. The first-order valence-electron chi connectivity index (χ1n) is 48.0. The highest BCUT2D eigenvalue weighted by Crippen LogP contribution is 2.44. The van der Waals surface area contributed by atoms with E-state index in [9.17, 15) is 0 Å². The van der Waals surface area contributed by atoms with Crippen LogP contribution in [0.2, 0.25) is 0 Å². The zero-order valence-electron chi connectivity index (χ0n) is 77.1. The third-order valence-electron chi connectivity index (χ3n) is 33.6. The molecule has 4 aromatic carbocycles. The Balaban J connectivity index is 0.000000125. The molecule has 114 heavy (non-hydrogen) atoms. The maximum absolute atomic E-state index is 2.63. The summed E-state index contributed by atoms with van der Waals surface area (Å²) in [7, 11) is 22.5. The number of nitrogens with zero attached hydrogens (tertiary/aromatic N) is 10. The standard InChI is InChI=1S/2C11H21N.2C11H15N.C11H21N.2C10H19N.C10H13N.C10H11N.C9H17N/c1-9-7-10-5-3-4-6-11(10)8-12(9)2;3*1-9-11-6-4-3-5-10(11)7-8-12(9)2;1-9-7-8-10-5-3-4-6-11(10)12(9)2;4*1-8-7-9-5-3-4-6-10(9)11(8)2;1-7-6-8-4-3-5-9(8)10(7)2/h2*9-11H,3-8H2,1-2H3;2*3-6,9H,7-8H2,1-2H3;9-11H,3-8H2,1-2H3;2*8-10H,3-7H2,1-2H3;3-6,8H,7H2,1-2H3;3-7H,1-2H3;7-9H,3-6H2,1-2H3. The number of likely N-dealkylation sites (N-methyl/N-ethyl adjacent to an activating group) is 3. The highest BCUT2D eigenvalue weighted by molar-refractivity contribution is 5.81. The Morgan fingerprint density at radius 3 is 1.25 bits per heavy atom. The van der Waals surface area contributed by atoms with Crippen molar-refractivity contribution in [2.75, 3.05) is 94.5 Å². The zero-order valence-corrected chi connectivity index (χ0v) is 77.1. The van der Waals surface area contributed by atoms with Crippen molar-refractivity contribution in [1.29, 1.82) is 0 Å². The molecule has 0 N–H and O–H groups in total. The first-order chi connectivity index (χ1) is 54.9. The van der Waals surface area contributed by atoms with Gasteiger partial charge in [-0.25, -0.2) is 0 Å². The van der Waals surface area contributed by atoms with Crippen molar-refractivity contribution in [3.8, 4) is 0 Å². The monoisotopic (exact) mass is 1560 g/mol. The molecule has 0 bridgehead atoms. The minimum atomic E-state index is 0.593. The molecule has 1 aromatic heterocycles. The number of piperidine rings is 3. The molecule has 0 radical (unpaired) electrons. The summed E-state index contributed by atoms with van der Waals surface area (Å²) in [6, 6.07) is 47.5. The van der Waals surface area contributed by atoms with Crippen LogP contribution in [0.3, 0.4) is 0 Å². The van der Waals surface area contributed by atoms with Crippen LogP contribution in [0.4, 0.5) is 5.69 Å². The van der Waals surface area contributed by atoms with Gasteiger partial charge in [0.1, 0.15) is 0 Å². The van der Waals surface area contributed by atoms with Gasteiger partial charge in [-0.2, -0.15) is 0 Å². The van der Waals surface area contributed by atoms with Crippen LogP contribution in [0.1, 0.15) is 301 Å². The molecule has 10 heteroatoms. The Kier molecular flexibility index (Phi) is 34.9. The van der Waals surface area contributed by atoms with Crippen molar-refractivity contribution in [3.05, 3.63) is 137 Å². The van der Waals surface area contributed by atoms with Gasteiger partial charge in [0.05, 0.1) is 0 Å². The molecule has 10 nitrogen and oxygen atoms in total. The van der Waals surface area contributed by atoms with Gasteiger partial charge in [0.2, 0.25) is 0 Å². The van der Waals surface area contributed by atoms with E-state index in [1.807, 2.05) is 0 Å². The predicted octanol–water partition coefficient (Wildman–Crippen LogP) is 23.1. The van der Waals surface area contributed by atoms with E-state index in [0.29, 0.717) is 18.1 Å². The summed E-state index contributed by atoms with van der Waals surface area (Å²) in [6.45, 7) is 28.3. The third-order valence-corrected chi connectivity index (χ3v) is 33.6. The maximum Gasteiger partial charge on any atom is 0.0479 e. The number of para-hydroxylation sites is 2. The fraction of sp³-hybridized carbons (Fsp3) is 0.750. The number of aryl methyl sites for hydroxylation is 2. The van der Waals surface area contributed by atoms with Gasteiger partial charge in [0, 0.05) is 129 Å². The number of hydrogen-bond acceptors (Lipinski definition) is 9. The van der Waals surface area contributed by atoms with Crippen LogP contribution in [-0.4, -0.2) is 200 Å². The zero-order chi connectivity index (χ0) is 81.3. The molecule has 0 amide bonds. The molecule has 15 aliphatic rings. The van der Waals surface area contributed by atoms with Gasteiger partial charge in [-0.1, -0.05) is 168 Å². The second-order valence-electron chi connectivity index (χ2n) is 40.4. The lowest BCUT2D eigenvalue weighted by atomic mass is 9.71. The minimum Gasteiger partial charge on any atom is -0.371 e. The molecule has 6 saturated carbocycles. The van der Waals surface area contributed by atoms with Crippen LogP contribution in [0.5, 0.6) is 0 Å². The quantitative estimate of drug-likeness (QED) is 0.151. The molecule has 20 rings (SSSR count). The van der Waals surface area contributed by atoms with Crippen LogP contribution in [0.15, 0.2) is 103 Å². The SMILES string of the molecule is CC1C2CCCCC2CCN1C.CC1CC2CCCC2N1C.CC1CC2CCCCC2CN1C.CC1CC2CCCCC2N1C.CC1CC2CCCCC2N1C.CC1CCC2CCCCC2N1C.CC1Cc2ccccc2N1C.CC1c2ccccc2CCN1C.CC1c2ccccc2CCN1C.Cc1cc2ccccc2n1C. The van der Waals surface area contributed by atoms with Crippen LogP contribution in [0, 0.1) is 54.3 Å². The number of aromatic nitrogens is 1. The maximum atomic E-state index is 2.63. The van der Waals surface area contributed by atoms with Crippen LogP contribution >= 0.6 is 0 Å². The lowest BCUT2D eigenvalue weighted by molar-refractivity contribution is 0.0447. The molecular formula is C104H172N10. The van der Waals surface area contributed by atoms with E-state index in [4.69, 9.17) is 0 Å². The van der Waals surface area contributed by atoms with Crippen molar-refractivity contribution in [3.63, 3.8) is 0 Å². The van der Waals surface area contributed by atoms with Gasteiger partial charge in [0.15, 0.2) is 0 Å². The smallest absolute Gasteiger partial charge is 0.0479 e. The van der Waals surface area contributed by atoms with E-state index in [2.05, 4.69) is 292 Å². The molecule has 12 fully saturated rings. The topological polar surface area (TPSA) is 34.1 Å². The van der Waals surface area contributed by atoms with Crippen LogP contribution < -0.4 is 4.90 Å². The van der Waals surface area contributed by atoms with Crippen molar-refractivity contribution >= 4 is 16.6 Å². The number of hydrogen-bond donors (Lipinski definition) is 0. The highest BCUT2D eigenvalue weighted by atomic mass is 15.2. The van der Waals surface area contributed by atoms with Gasteiger partial charge in [-0.3, -0.25) is 9.80 Å². The van der Waals surface area contributed by atoms with Crippen molar-refractivity contribution in [1.82, 2.24) is 43.8 Å². The normalized spacial score (nSPS) is 35.1. The lowest BCUT2D eigenvalue weighted by Gasteiger charge is -2.45. The van der Waals surface area contributed by atoms with Crippen LogP contribution in [-0.2, 0) is 26.3 Å². The van der Waals surface area contributed by atoms with Crippen LogP contribution in [0.25, 0.3) is 10.9 Å². The van der Waals surface area contributed by atoms with Gasteiger partial charge < -0.3 is 38.9 Å². The Hall–Kier alpha value is -4.10. The lowest BCUT2D eigenvalue weighted by Crippen LogP contribution is -2.48. The molecule has 5 aromatic rings. The predicted molar refractivity (Wildman–Crippen MR) is 493 cm³/mol. The molecule has 638 valence electrons. The molecule has 6 aliphatic carbocycles. The van der Waals surface area contributed by atoms with Crippen molar-refractivity contribution in [2.45, 2.75) is 360 Å². The molecule has 0 spiro atoms. The average Bonchev–Trinajstić information content (AvgIpc) is 1.69. The summed E-state index contributed by atoms with van der Waals surface area (Å²) in [6.07, 6.45) is 48.0. The summed E-state index contributed by atoms with van der Waals surface area (Å²) < 4.78 is 2.20. The molecular weight excluding hydrogens is 1390 g/mol. The van der Waals surface area contributed by atoms with Gasteiger partial charge in [-0.05, 0) is 359 Å².